The molecule has 1 N–H and O–H groups in total. The van der Waals surface area contributed by atoms with Crippen LogP contribution in [0.2, 0.25) is 0 Å². The third-order valence-electron chi connectivity index (χ3n) is 6.77. The molecule has 1 aromatic rings. The highest BCUT2D eigenvalue weighted by Crippen LogP contribution is 2.59. The summed E-state index contributed by atoms with van der Waals surface area (Å²) in [5.41, 5.74) is 6.35. The Morgan fingerprint density at radius 1 is 1.17 bits per heavy atom. The smallest absolute Gasteiger partial charge is 0.119 e. The van der Waals surface area contributed by atoms with Crippen LogP contribution in [0, 0.1) is 11.3 Å². The predicted molar refractivity (Wildman–Crippen MR) is 93.5 cm³/mol. The molecular weight excluding hydrogens is 284 g/mol. The zero-order valence-corrected chi connectivity index (χ0v) is 14.4. The molecule has 3 aliphatic carbocycles. The van der Waals surface area contributed by atoms with Gasteiger partial charge in [0.05, 0.1) is 12.7 Å². The van der Waals surface area contributed by atoms with E-state index in [0.717, 1.165) is 44.5 Å². The van der Waals surface area contributed by atoms with Gasteiger partial charge in [-0.05, 0) is 86.6 Å². The van der Waals surface area contributed by atoms with E-state index >= 15 is 0 Å². The first-order valence-electron chi connectivity index (χ1n) is 9.35. The largest absolute Gasteiger partial charge is 0.494 e. The summed E-state index contributed by atoms with van der Waals surface area (Å²) in [4.78, 5) is 0. The van der Waals surface area contributed by atoms with Gasteiger partial charge in [-0.1, -0.05) is 18.6 Å². The number of aryl methyl sites for hydroxylation is 1. The maximum Gasteiger partial charge on any atom is 0.119 e. The van der Waals surface area contributed by atoms with E-state index in [4.69, 9.17) is 4.74 Å². The fourth-order valence-electron chi connectivity index (χ4n) is 5.61. The lowest BCUT2D eigenvalue weighted by atomic mass is 9.60. The Kier molecular flexibility index (Phi) is 3.76. The Morgan fingerprint density at radius 2 is 2.04 bits per heavy atom. The summed E-state index contributed by atoms with van der Waals surface area (Å²) in [6.07, 6.45) is 7.79. The molecule has 0 amide bonds. The number of aliphatic hydroxyl groups is 1. The summed E-state index contributed by atoms with van der Waals surface area (Å²) in [6, 6.07) is 6.65. The van der Waals surface area contributed by atoms with Gasteiger partial charge in [0.1, 0.15) is 5.75 Å². The van der Waals surface area contributed by atoms with Crippen molar-refractivity contribution in [2.24, 2.45) is 11.3 Å². The zero-order chi connectivity index (χ0) is 16.0. The lowest BCUT2D eigenvalue weighted by molar-refractivity contribution is 0.0193. The number of hydrogen-bond donors (Lipinski definition) is 1. The van der Waals surface area contributed by atoms with E-state index in [1.54, 1.807) is 11.1 Å². The molecule has 4 rings (SSSR count). The Labute approximate surface area is 139 Å². The van der Waals surface area contributed by atoms with Gasteiger partial charge in [0.2, 0.25) is 0 Å². The molecule has 1 fully saturated rings. The quantitative estimate of drug-likeness (QED) is 0.873. The average molecular weight is 312 g/mol. The summed E-state index contributed by atoms with van der Waals surface area (Å²) in [7, 11) is 0. The first-order valence-corrected chi connectivity index (χ1v) is 9.35. The van der Waals surface area contributed by atoms with Crippen molar-refractivity contribution in [3.05, 3.63) is 34.9 Å². The standard InChI is InChI=1S/C21H28O2/c1-3-21-12-11-17-16-8-6-15(23-4-2)13-14(16)5-7-18(17)19(21)9-10-20(21)22/h6,8,13,19-20,22H,3-5,7,9-12H2,1-2H3/t19-,20-,21-/m0/s1. The number of allylic oxidation sites excluding steroid dienone is 2. The minimum Gasteiger partial charge on any atom is -0.494 e. The molecule has 2 heteroatoms. The summed E-state index contributed by atoms with van der Waals surface area (Å²) in [5.74, 6) is 1.62. The number of fused-ring (bicyclic) bond motifs is 4. The highest BCUT2D eigenvalue weighted by atomic mass is 16.5. The van der Waals surface area contributed by atoms with Gasteiger partial charge in [-0.25, -0.2) is 0 Å². The van der Waals surface area contributed by atoms with Crippen LogP contribution in [0.5, 0.6) is 5.75 Å². The molecule has 1 aromatic carbocycles. The van der Waals surface area contributed by atoms with E-state index in [1.807, 2.05) is 6.92 Å². The molecule has 0 unspecified atom stereocenters. The normalized spacial score (nSPS) is 32.3. The monoisotopic (exact) mass is 312 g/mol. The van der Waals surface area contributed by atoms with Gasteiger partial charge in [0, 0.05) is 5.41 Å². The van der Waals surface area contributed by atoms with E-state index < -0.39 is 0 Å². The van der Waals surface area contributed by atoms with Crippen LogP contribution in [-0.2, 0) is 6.42 Å². The van der Waals surface area contributed by atoms with Crippen LogP contribution in [0.3, 0.4) is 0 Å². The number of rotatable bonds is 3. The molecule has 1 saturated carbocycles. The summed E-state index contributed by atoms with van der Waals surface area (Å²) in [6.45, 7) is 5.04. The first kappa shape index (κ1) is 15.3. The van der Waals surface area contributed by atoms with E-state index in [9.17, 15) is 5.11 Å². The molecule has 2 nitrogen and oxygen atoms in total. The van der Waals surface area contributed by atoms with Crippen molar-refractivity contribution in [3.63, 3.8) is 0 Å². The van der Waals surface area contributed by atoms with Crippen LogP contribution in [0.25, 0.3) is 5.57 Å². The molecule has 0 bridgehead atoms. The van der Waals surface area contributed by atoms with Crippen LogP contribution in [0.15, 0.2) is 23.8 Å². The minimum absolute atomic E-state index is 0.0896. The highest BCUT2D eigenvalue weighted by Gasteiger charge is 2.52. The minimum atomic E-state index is -0.0896. The Bertz CT molecular complexity index is 645. The Balaban J connectivity index is 1.74. The van der Waals surface area contributed by atoms with Crippen molar-refractivity contribution in [2.75, 3.05) is 6.61 Å². The Morgan fingerprint density at radius 3 is 2.83 bits per heavy atom. The van der Waals surface area contributed by atoms with Crippen LogP contribution in [0.4, 0.5) is 0 Å². The van der Waals surface area contributed by atoms with E-state index in [2.05, 4.69) is 25.1 Å². The van der Waals surface area contributed by atoms with E-state index in [0.29, 0.717) is 5.92 Å². The third kappa shape index (κ3) is 2.18. The lowest BCUT2D eigenvalue weighted by Crippen LogP contribution is -2.39. The van der Waals surface area contributed by atoms with Crippen LogP contribution in [-0.4, -0.2) is 17.8 Å². The van der Waals surface area contributed by atoms with Crippen molar-refractivity contribution < 1.29 is 9.84 Å². The lowest BCUT2D eigenvalue weighted by Gasteiger charge is -2.45. The van der Waals surface area contributed by atoms with E-state index in [-0.39, 0.29) is 11.5 Å². The number of hydrogen-bond acceptors (Lipinski definition) is 2. The van der Waals surface area contributed by atoms with Gasteiger partial charge in [-0.3, -0.25) is 0 Å². The predicted octanol–water partition coefficient (Wildman–Crippen LogP) is 4.75. The molecule has 0 heterocycles. The van der Waals surface area contributed by atoms with Crippen molar-refractivity contribution in [1.29, 1.82) is 0 Å². The Hall–Kier alpha value is -1.28. The molecule has 0 aliphatic heterocycles. The van der Waals surface area contributed by atoms with Crippen molar-refractivity contribution in [2.45, 2.75) is 64.9 Å². The second kappa shape index (κ2) is 5.66. The van der Waals surface area contributed by atoms with Crippen LogP contribution < -0.4 is 4.74 Å². The van der Waals surface area contributed by atoms with Crippen LogP contribution in [0.1, 0.15) is 63.5 Å². The summed E-state index contributed by atoms with van der Waals surface area (Å²) < 4.78 is 5.68. The molecule has 0 radical (unpaired) electrons. The second-order valence-corrected chi connectivity index (χ2v) is 7.49. The van der Waals surface area contributed by atoms with Gasteiger partial charge in [0.15, 0.2) is 0 Å². The third-order valence-corrected chi connectivity index (χ3v) is 6.77. The number of ether oxygens (including phenoxy) is 1. The molecular formula is C21H28O2. The van der Waals surface area contributed by atoms with Crippen LogP contribution >= 0.6 is 0 Å². The van der Waals surface area contributed by atoms with Gasteiger partial charge >= 0.3 is 0 Å². The molecule has 124 valence electrons. The highest BCUT2D eigenvalue weighted by molar-refractivity contribution is 5.75. The average Bonchev–Trinajstić information content (AvgIpc) is 2.92. The maximum atomic E-state index is 10.6. The molecule has 0 aromatic heterocycles. The molecule has 0 saturated heterocycles. The van der Waals surface area contributed by atoms with Gasteiger partial charge in [-0.2, -0.15) is 0 Å². The molecule has 3 aliphatic rings. The van der Waals surface area contributed by atoms with Crippen molar-refractivity contribution in [1.82, 2.24) is 0 Å². The first-order chi connectivity index (χ1) is 11.2. The molecule has 0 spiro atoms. The van der Waals surface area contributed by atoms with Gasteiger partial charge in [-0.15, -0.1) is 0 Å². The van der Waals surface area contributed by atoms with Crippen molar-refractivity contribution in [3.8, 4) is 5.75 Å². The SMILES string of the molecule is CCOc1ccc2c(c1)CCC1=C2CC[C@]2(CC)[C@@H](O)CC[C@@H]12. The summed E-state index contributed by atoms with van der Waals surface area (Å²) in [5, 5.41) is 10.6. The second-order valence-electron chi connectivity index (χ2n) is 7.49. The molecule has 3 atom stereocenters. The fourth-order valence-corrected chi connectivity index (χ4v) is 5.61. The van der Waals surface area contributed by atoms with Gasteiger partial charge < -0.3 is 9.84 Å². The summed E-state index contributed by atoms with van der Waals surface area (Å²) >= 11 is 0. The number of aliphatic hydroxyl groups excluding tert-OH is 1. The zero-order valence-electron chi connectivity index (χ0n) is 14.4. The topological polar surface area (TPSA) is 29.5 Å². The molecule has 23 heavy (non-hydrogen) atoms. The van der Waals surface area contributed by atoms with Gasteiger partial charge in [0.25, 0.3) is 0 Å². The van der Waals surface area contributed by atoms with E-state index in [1.165, 1.54) is 24.0 Å². The fraction of sp³-hybridized carbons (Fsp3) is 0.619. The maximum absolute atomic E-state index is 10.6. The van der Waals surface area contributed by atoms with Crippen molar-refractivity contribution >= 4 is 5.57 Å². The number of benzene rings is 1.